The van der Waals surface area contributed by atoms with Crippen LogP contribution in [0.25, 0.3) is 0 Å². The van der Waals surface area contributed by atoms with E-state index >= 15 is 0 Å². The van der Waals surface area contributed by atoms with Crippen molar-refractivity contribution in [2.75, 3.05) is 0 Å². The molecule has 2 fully saturated rings. The lowest BCUT2D eigenvalue weighted by atomic mass is 9.43. The zero-order valence-electron chi connectivity index (χ0n) is 17.2. The summed E-state index contributed by atoms with van der Waals surface area (Å²) in [4.78, 5) is 4.83. The van der Waals surface area contributed by atoms with Crippen molar-refractivity contribution in [3.8, 4) is 0 Å². The second kappa shape index (κ2) is 5.79. The minimum absolute atomic E-state index is 0.00442. The van der Waals surface area contributed by atoms with E-state index in [-0.39, 0.29) is 16.9 Å². The molecule has 3 heteroatoms. The summed E-state index contributed by atoms with van der Waals surface area (Å²) in [5, 5.41) is 13.8. The fourth-order valence-corrected chi connectivity index (χ4v) is 8.42. The van der Waals surface area contributed by atoms with E-state index in [1.165, 1.54) is 29.8 Å². The average molecular weight is 384 g/mol. The summed E-state index contributed by atoms with van der Waals surface area (Å²) < 4.78 is 0. The second-order valence-corrected chi connectivity index (χ2v) is 11.5. The molecule has 1 aromatic rings. The minimum Gasteiger partial charge on any atom is -0.393 e. The Bertz CT molecular complexity index is 810. The van der Waals surface area contributed by atoms with Crippen molar-refractivity contribution in [3.05, 3.63) is 39.9 Å². The van der Waals surface area contributed by atoms with Gasteiger partial charge in [-0.3, -0.25) is 0 Å². The highest BCUT2D eigenvalue weighted by molar-refractivity contribution is 7.09. The molecule has 5 rings (SSSR count). The van der Waals surface area contributed by atoms with Crippen LogP contribution in [0, 0.1) is 28.6 Å². The van der Waals surface area contributed by atoms with Crippen LogP contribution in [0.5, 0.6) is 0 Å². The van der Waals surface area contributed by atoms with Gasteiger partial charge in [0.1, 0.15) is 5.01 Å². The molecule has 2 nitrogen and oxygen atoms in total. The lowest BCUT2D eigenvalue weighted by molar-refractivity contribution is -0.0555. The Morgan fingerprint density at radius 1 is 1.07 bits per heavy atom. The summed E-state index contributed by atoms with van der Waals surface area (Å²) in [6.07, 6.45) is 13.8. The van der Waals surface area contributed by atoms with Crippen molar-refractivity contribution in [1.29, 1.82) is 0 Å². The molecular formula is C24H33NOS. The maximum atomic E-state index is 10.4. The topological polar surface area (TPSA) is 33.1 Å². The van der Waals surface area contributed by atoms with Gasteiger partial charge in [-0.05, 0) is 81.0 Å². The molecule has 2 saturated carbocycles. The highest BCUT2D eigenvalue weighted by atomic mass is 32.1. The van der Waals surface area contributed by atoms with Gasteiger partial charge in [-0.25, -0.2) is 4.98 Å². The molecule has 146 valence electrons. The minimum atomic E-state index is -0.161. The molecule has 4 aliphatic rings. The number of rotatable bonds is 1. The number of aliphatic hydroxyl groups excluding tert-OH is 1. The van der Waals surface area contributed by atoms with Crippen molar-refractivity contribution in [2.45, 2.75) is 77.7 Å². The normalized spacial score (nSPS) is 48.9. The van der Waals surface area contributed by atoms with E-state index in [2.05, 4.69) is 45.2 Å². The van der Waals surface area contributed by atoms with Crippen LogP contribution in [-0.4, -0.2) is 16.2 Å². The standard InChI is InChI=1S/C24H33NOS/c1-15-11-19-20-18(6-7-22(19,2)13-15)23(3)8-5-17(26)12-16(23)14-24(20,4)21-25-9-10-27-21/h9-10,13-14,17-20,26H,5-8,11-12H2,1-4H3/t17-,18-,19-,20+,22+,23-,24+/m0/s1. The predicted molar refractivity (Wildman–Crippen MR) is 112 cm³/mol. The molecule has 0 saturated heterocycles. The quantitative estimate of drug-likeness (QED) is 0.613. The number of hydrogen-bond acceptors (Lipinski definition) is 3. The average Bonchev–Trinajstić information content (AvgIpc) is 3.23. The highest BCUT2D eigenvalue weighted by Gasteiger charge is 2.61. The molecule has 1 aromatic heterocycles. The Hall–Kier alpha value is -0.930. The molecule has 27 heavy (non-hydrogen) atoms. The first kappa shape index (κ1) is 18.1. The maximum Gasteiger partial charge on any atom is 0.102 e. The van der Waals surface area contributed by atoms with Gasteiger partial charge in [0.05, 0.1) is 6.10 Å². The van der Waals surface area contributed by atoms with Crippen LogP contribution < -0.4 is 0 Å². The monoisotopic (exact) mass is 383 g/mol. The van der Waals surface area contributed by atoms with E-state index in [4.69, 9.17) is 4.98 Å². The summed E-state index contributed by atoms with van der Waals surface area (Å²) in [6, 6.07) is 0. The van der Waals surface area contributed by atoms with Crippen molar-refractivity contribution >= 4 is 11.3 Å². The fourth-order valence-electron chi connectivity index (χ4n) is 7.60. The number of aromatic nitrogens is 1. The van der Waals surface area contributed by atoms with Gasteiger partial charge in [-0.1, -0.05) is 37.1 Å². The van der Waals surface area contributed by atoms with Gasteiger partial charge >= 0.3 is 0 Å². The van der Waals surface area contributed by atoms with Crippen LogP contribution in [0.3, 0.4) is 0 Å². The molecule has 0 spiro atoms. The predicted octanol–water partition coefficient (Wildman–Crippen LogP) is 5.89. The number of aliphatic hydroxyl groups is 1. The molecule has 0 radical (unpaired) electrons. The van der Waals surface area contributed by atoms with Gasteiger partial charge in [0, 0.05) is 17.0 Å². The number of thiazole rings is 1. The van der Waals surface area contributed by atoms with Crippen LogP contribution >= 0.6 is 11.3 Å². The van der Waals surface area contributed by atoms with Crippen molar-refractivity contribution in [2.24, 2.45) is 28.6 Å². The molecule has 1 N–H and O–H groups in total. The Morgan fingerprint density at radius 2 is 1.89 bits per heavy atom. The molecular weight excluding hydrogens is 350 g/mol. The first-order valence-corrected chi connectivity index (χ1v) is 11.6. The fraction of sp³-hybridized carbons (Fsp3) is 0.708. The summed E-state index contributed by atoms with van der Waals surface area (Å²) in [5.74, 6) is 2.06. The van der Waals surface area contributed by atoms with Gasteiger partial charge < -0.3 is 5.11 Å². The summed E-state index contributed by atoms with van der Waals surface area (Å²) >= 11 is 1.82. The maximum absolute atomic E-state index is 10.4. The Morgan fingerprint density at radius 3 is 2.63 bits per heavy atom. The van der Waals surface area contributed by atoms with Gasteiger partial charge in [0.25, 0.3) is 0 Å². The van der Waals surface area contributed by atoms with Crippen LogP contribution in [-0.2, 0) is 5.41 Å². The van der Waals surface area contributed by atoms with E-state index < -0.39 is 0 Å². The van der Waals surface area contributed by atoms with Crippen molar-refractivity contribution in [3.63, 3.8) is 0 Å². The zero-order chi connectivity index (χ0) is 19.0. The van der Waals surface area contributed by atoms with E-state index in [9.17, 15) is 5.11 Å². The molecule has 7 atom stereocenters. The lowest BCUT2D eigenvalue weighted by Gasteiger charge is -2.62. The highest BCUT2D eigenvalue weighted by Crippen LogP contribution is 2.68. The summed E-state index contributed by atoms with van der Waals surface area (Å²) in [7, 11) is 0. The smallest absolute Gasteiger partial charge is 0.102 e. The molecule has 0 aromatic carbocycles. The number of allylic oxidation sites excluding steroid dienone is 3. The van der Waals surface area contributed by atoms with Gasteiger partial charge in [0.2, 0.25) is 0 Å². The summed E-state index contributed by atoms with van der Waals surface area (Å²) in [5.41, 5.74) is 3.71. The second-order valence-electron chi connectivity index (χ2n) is 10.6. The van der Waals surface area contributed by atoms with Crippen LogP contribution in [0.4, 0.5) is 0 Å². The molecule has 0 aliphatic heterocycles. The first-order valence-electron chi connectivity index (χ1n) is 10.7. The van der Waals surface area contributed by atoms with Crippen LogP contribution in [0.2, 0.25) is 0 Å². The van der Waals surface area contributed by atoms with Gasteiger partial charge in [-0.2, -0.15) is 0 Å². The van der Waals surface area contributed by atoms with Gasteiger partial charge in [0.15, 0.2) is 0 Å². The third-order valence-electron chi connectivity index (χ3n) is 8.89. The van der Waals surface area contributed by atoms with Crippen molar-refractivity contribution in [1.82, 2.24) is 4.98 Å². The van der Waals surface area contributed by atoms with Crippen LogP contribution in [0.1, 0.15) is 71.2 Å². The third kappa shape index (κ3) is 2.43. The molecule has 1 heterocycles. The number of fused-ring (bicyclic) bond motifs is 5. The number of hydrogen-bond donors (Lipinski definition) is 1. The van der Waals surface area contributed by atoms with Gasteiger partial charge in [-0.15, -0.1) is 11.3 Å². The first-order chi connectivity index (χ1) is 12.8. The third-order valence-corrected chi connectivity index (χ3v) is 9.92. The summed E-state index contributed by atoms with van der Waals surface area (Å²) in [6.45, 7) is 9.82. The Balaban J connectivity index is 1.69. The Kier molecular flexibility index (Phi) is 3.89. The van der Waals surface area contributed by atoms with Crippen LogP contribution in [0.15, 0.2) is 34.9 Å². The molecule has 0 bridgehead atoms. The molecule has 4 aliphatic carbocycles. The number of nitrogens with zero attached hydrogens (tertiary/aromatic N) is 1. The zero-order valence-corrected chi connectivity index (χ0v) is 18.0. The SMILES string of the molecule is CC1=C[C@@]2(C)CC[C@H]3[C@H]([C@@H]2C1)[C@](C)(c1nccs1)C=C1C[C@@H](O)CC[C@@]13C. The Labute approximate surface area is 167 Å². The van der Waals surface area contributed by atoms with E-state index in [0.29, 0.717) is 23.2 Å². The molecule has 0 amide bonds. The van der Waals surface area contributed by atoms with E-state index in [1.807, 2.05) is 17.5 Å². The largest absolute Gasteiger partial charge is 0.393 e. The van der Waals surface area contributed by atoms with E-state index in [0.717, 1.165) is 19.3 Å². The molecule has 0 unspecified atom stereocenters. The van der Waals surface area contributed by atoms with Crippen molar-refractivity contribution < 1.29 is 5.11 Å². The van der Waals surface area contributed by atoms with E-state index in [1.54, 1.807) is 5.57 Å². The lowest BCUT2D eigenvalue weighted by Crippen LogP contribution is -2.56.